The number of rotatable bonds is 5. The summed E-state index contributed by atoms with van der Waals surface area (Å²) in [6.45, 7) is 3.60. The number of hydrogen-bond acceptors (Lipinski definition) is 3. The fraction of sp³-hybridized carbons (Fsp3) is 0.462. The predicted octanol–water partition coefficient (Wildman–Crippen LogP) is 2.36. The summed E-state index contributed by atoms with van der Waals surface area (Å²) in [5, 5.41) is 0. The van der Waals surface area contributed by atoms with Crippen molar-refractivity contribution in [1.29, 1.82) is 0 Å². The van der Waals surface area contributed by atoms with Crippen LogP contribution < -0.4 is 16.2 Å². The Morgan fingerprint density at radius 2 is 2.11 bits per heavy atom. The zero-order valence-corrected chi connectivity index (χ0v) is 12.5. The average Bonchev–Trinajstić information content (AvgIpc) is 2.27. The molecule has 5 heteroatoms. The molecule has 0 aliphatic rings. The van der Waals surface area contributed by atoms with E-state index in [1.54, 1.807) is 21.0 Å². The number of ether oxygens (including phenoxy) is 1. The highest BCUT2D eigenvalue weighted by molar-refractivity contribution is 9.10. The number of primary amides is 1. The number of benzene rings is 1. The van der Waals surface area contributed by atoms with Crippen LogP contribution in [0.2, 0.25) is 0 Å². The number of nitrogens with two attached hydrogens (primary N) is 2. The highest BCUT2D eigenvalue weighted by Crippen LogP contribution is 2.33. The van der Waals surface area contributed by atoms with Gasteiger partial charge in [0.05, 0.1) is 7.11 Å². The Bertz CT molecular complexity index is 447. The lowest BCUT2D eigenvalue weighted by Gasteiger charge is -2.25. The third-order valence-corrected chi connectivity index (χ3v) is 3.69. The van der Waals surface area contributed by atoms with Crippen molar-refractivity contribution >= 4 is 21.8 Å². The summed E-state index contributed by atoms with van der Waals surface area (Å²) in [6.07, 6.45) is 0.493. The normalized spacial score (nSPS) is 13.2. The number of methoxy groups -OCH3 is 1. The number of carbonyl (C=O) groups excluding carboxylic acids is 1. The van der Waals surface area contributed by atoms with Crippen LogP contribution >= 0.6 is 15.9 Å². The smallest absolute Gasteiger partial charge is 0.223 e. The summed E-state index contributed by atoms with van der Waals surface area (Å²) >= 11 is 3.46. The van der Waals surface area contributed by atoms with Crippen LogP contribution in [-0.4, -0.2) is 13.0 Å². The summed E-state index contributed by atoms with van der Waals surface area (Å²) in [7, 11) is 1.61. The summed E-state index contributed by atoms with van der Waals surface area (Å²) in [5.41, 5.74) is 11.8. The molecule has 0 heterocycles. The summed E-state index contributed by atoms with van der Waals surface area (Å²) < 4.78 is 5.99. The van der Waals surface area contributed by atoms with Gasteiger partial charge in [0.15, 0.2) is 0 Å². The minimum Gasteiger partial charge on any atom is -0.497 e. The summed E-state index contributed by atoms with van der Waals surface area (Å²) in [4.78, 5) is 11.3. The average molecular weight is 315 g/mol. The molecule has 0 saturated heterocycles. The van der Waals surface area contributed by atoms with Gasteiger partial charge in [0.1, 0.15) is 5.75 Å². The van der Waals surface area contributed by atoms with E-state index in [1.165, 1.54) is 0 Å². The quantitative estimate of drug-likeness (QED) is 0.875. The Labute approximate surface area is 116 Å². The number of halogens is 1. The van der Waals surface area contributed by atoms with Crippen LogP contribution in [0.15, 0.2) is 22.7 Å². The standard InChI is InChI=1S/C13H19BrN2O2/c1-13(2,12(16)17)7-11(15)9-5-4-8(18-3)6-10(9)14/h4-6,11H,7,15H2,1-3H3,(H2,16,17). The van der Waals surface area contributed by atoms with E-state index in [-0.39, 0.29) is 11.9 Å². The monoisotopic (exact) mass is 314 g/mol. The second kappa shape index (κ2) is 5.71. The molecule has 0 spiro atoms. The van der Waals surface area contributed by atoms with E-state index in [4.69, 9.17) is 16.2 Å². The lowest BCUT2D eigenvalue weighted by atomic mass is 9.83. The molecular formula is C13H19BrN2O2. The van der Waals surface area contributed by atoms with Crippen molar-refractivity contribution in [2.75, 3.05) is 7.11 Å². The molecule has 1 amide bonds. The van der Waals surface area contributed by atoms with Crippen LogP contribution in [0, 0.1) is 5.41 Å². The van der Waals surface area contributed by atoms with Gasteiger partial charge in [-0.15, -0.1) is 0 Å². The molecule has 0 bridgehead atoms. The molecule has 0 aliphatic heterocycles. The number of carbonyl (C=O) groups is 1. The minimum atomic E-state index is -0.626. The topological polar surface area (TPSA) is 78.3 Å². The Hall–Kier alpha value is -1.07. The Morgan fingerprint density at radius 3 is 2.56 bits per heavy atom. The van der Waals surface area contributed by atoms with Gasteiger partial charge in [-0.05, 0) is 24.1 Å². The van der Waals surface area contributed by atoms with E-state index in [0.29, 0.717) is 6.42 Å². The maximum Gasteiger partial charge on any atom is 0.223 e. The van der Waals surface area contributed by atoms with E-state index >= 15 is 0 Å². The van der Waals surface area contributed by atoms with Crippen LogP contribution in [-0.2, 0) is 4.79 Å². The third kappa shape index (κ3) is 3.46. The van der Waals surface area contributed by atoms with Crippen LogP contribution in [0.5, 0.6) is 5.75 Å². The molecule has 1 atom stereocenters. The molecular weight excluding hydrogens is 296 g/mol. The van der Waals surface area contributed by atoms with Crippen LogP contribution in [0.4, 0.5) is 0 Å². The molecule has 4 N–H and O–H groups in total. The van der Waals surface area contributed by atoms with Gasteiger partial charge >= 0.3 is 0 Å². The molecule has 1 unspecified atom stereocenters. The second-order valence-corrected chi connectivity index (χ2v) is 5.80. The molecule has 1 aromatic rings. The molecule has 0 fully saturated rings. The molecule has 18 heavy (non-hydrogen) atoms. The first-order chi connectivity index (χ1) is 8.27. The number of hydrogen-bond donors (Lipinski definition) is 2. The molecule has 4 nitrogen and oxygen atoms in total. The van der Waals surface area contributed by atoms with Crippen LogP contribution in [0.3, 0.4) is 0 Å². The van der Waals surface area contributed by atoms with Gasteiger partial charge in [-0.1, -0.05) is 35.8 Å². The Morgan fingerprint density at radius 1 is 1.50 bits per heavy atom. The molecule has 0 aromatic heterocycles. The zero-order valence-electron chi connectivity index (χ0n) is 10.9. The van der Waals surface area contributed by atoms with E-state index in [9.17, 15) is 4.79 Å². The summed E-state index contributed by atoms with van der Waals surface area (Å²) in [6, 6.07) is 5.33. The molecule has 0 radical (unpaired) electrons. The summed E-state index contributed by atoms with van der Waals surface area (Å²) in [5.74, 6) is 0.412. The van der Waals surface area contributed by atoms with Gasteiger partial charge in [-0.25, -0.2) is 0 Å². The Kier molecular flexibility index (Phi) is 4.76. The highest BCUT2D eigenvalue weighted by Gasteiger charge is 2.28. The molecule has 0 aliphatic carbocycles. The highest BCUT2D eigenvalue weighted by atomic mass is 79.9. The maximum atomic E-state index is 11.3. The lowest BCUT2D eigenvalue weighted by molar-refractivity contribution is -0.126. The first-order valence-corrected chi connectivity index (χ1v) is 6.46. The van der Waals surface area contributed by atoms with Crippen molar-refractivity contribution in [1.82, 2.24) is 0 Å². The first kappa shape index (κ1) is 15.0. The van der Waals surface area contributed by atoms with Gasteiger partial charge in [0.2, 0.25) is 5.91 Å². The van der Waals surface area contributed by atoms with Gasteiger partial charge in [-0.3, -0.25) is 4.79 Å². The maximum absolute atomic E-state index is 11.3. The Balaban J connectivity index is 2.91. The van der Waals surface area contributed by atoms with Crippen molar-refractivity contribution in [2.45, 2.75) is 26.3 Å². The van der Waals surface area contributed by atoms with E-state index in [2.05, 4.69) is 15.9 Å². The van der Waals surface area contributed by atoms with Crippen LogP contribution in [0.25, 0.3) is 0 Å². The van der Waals surface area contributed by atoms with Crippen LogP contribution in [0.1, 0.15) is 31.9 Å². The van der Waals surface area contributed by atoms with Crippen molar-refractivity contribution in [3.8, 4) is 5.75 Å². The molecule has 1 rings (SSSR count). The van der Waals surface area contributed by atoms with Crippen molar-refractivity contribution in [3.63, 3.8) is 0 Å². The molecule has 0 saturated carbocycles. The minimum absolute atomic E-state index is 0.257. The predicted molar refractivity (Wildman–Crippen MR) is 75.2 cm³/mol. The van der Waals surface area contributed by atoms with Gasteiger partial charge in [0.25, 0.3) is 0 Å². The zero-order chi connectivity index (χ0) is 13.9. The second-order valence-electron chi connectivity index (χ2n) is 4.95. The van der Waals surface area contributed by atoms with Gasteiger partial charge in [0, 0.05) is 15.9 Å². The largest absolute Gasteiger partial charge is 0.497 e. The fourth-order valence-electron chi connectivity index (χ4n) is 1.70. The first-order valence-electron chi connectivity index (χ1n) is 5.67. The van der Waals surface area contributed by atoms with Crippen molar-refractivity contribution in [2.24, 2.45) is 16.9 Å². The fourth-order valence-corrected chi connectivity index (χ4v) is 2.35. The molecule has 1 aromatic carbocycles. The van der Waals surface area contributed by atoms with Gasteiger partial charge in [-0.2, -0.15) is 0 Å². The van der Waals surface area contributed by atoms with E-state index in [1.807, 2.05) is 18.2 Å². The van der Waals surface area contributed by atoms with Crippen molar-refractivity contribution in [3.05, 3.63) is 28.2 Å². The third-order valence-electron chi connectivity index (χ3n) is 3.00. The van der Waals surface area contributed by atoms with E-state index < -0.39 is 5.41 Å². The SMILES string of the molecule is COc1ccc(C(N)CC(C)(C)C(N)=O)c(Br)c1. The number of amides is 1. The molecule has 100 valence electrons. The lowest BCUT2D eigenvalue weighted by Crippen LogP contribution is -2.34. The van der Waals surface area contributed by atoms with E-state index in [0.717, 1.165) is 15.8 Å². The van der Waals surface area contributed by atoms with Gasteiger partial charge < -0.3 is 16.2 Å². The van der Waals surface area contributed by atoms with Crippen molar-refractivity contribution < 1.29 is 9.53 Å².